The number of H-pyrrole nitrogens is 1. The Morgan fingerprint density at radius 1 is 0.882 bits per heavy atom. The van der Waals surface area contributed by atoms with Gasteiger partial charge in [0.25, 0.3) is 0 Å². The van der Waals surface area contributed by atoms with Crippen molar-refractivity contribution in [2.75, 3.05) is 5.32 Å². The van der Waals surface area contributed by atoms with Crippen molar-refractivity contribution in [1.29, 1.82) is 0 Å². The summed E-state index contributed by atoms with van der Waals surface area (Å²) in [5, 5.41) is 12.5. The molecule has 0 saturated carbocycles. The van der Waals surface area contributed by atoms with E-state index >= 15 is 0 Å². The third-order valence-electron chi connectivity index (χ3n) is 5.77. The van der Waals surface area contributed by atoms with E-state index in [-0.39, 0.29) is 5.91 Å². The Labute approximate surface area is 195 Å². The van der Waals surface area contributed by atoms with Gasteiger partial charge < -0.3 is 9.73 Å². The third-order valence-corrected chi connectivity index (χ3v) is 5.77. The molecule has 0 spiro atoms. The van der Waals surface area contributed by atoms with Crippen LogP contribution in [-0.4, -0.2) is 21.1 Å². The van der Waals surface area contributed by atoms with E-state index in [1.807, 2.05) is 78.9 Å². The molecule has 0 aliphatic rings. The Bertz CT molecular complexity index is 1580. The summed E-state index contributed by atoms with van der Waals surface area (Å²) < 4.78 is 6.10. The third kappa shape index (κ3) is 3.82. The smallest absolute Gasteiger partial charge is 0.231 e. The zero-order valence-corrected chi connectivity index (χ0v) is 18.2. The maximum Gasteiger partial charge on any atom is 0.231 e. The number of hydrogen-bond donors (Lipinski definition) is 2. The van der Waals surface area contributed by atoms with Crippen LogP contribution in [0.4, 0.5) is 5.69 Å². The molecule has 0 atom stereocenters. The van der Waals surface area contributed by atoms with Gasteiger partial charge in [-0.2, -0.15) is 5.10 Å². The van der Waals surface area contributed by atoms with Crippen molar-refractivity contribution in [3.05, 3.63) is 103 Å². The van der Waals surface area contributed by atoms with Gasteiger partial charge >= 0.3 is 0 Å². The molecule has 4 aromatic carbocycles. The van der Waals surface area contributed by atoms with E-state index in [2.05, 4.69) is 27.6 Å². The number of rotatable bonds is 5. The van der Waals surface area contributed by atoms with Gasteiger partial charge in [0.1, 0.15) is 5.52 Å². The van der Waals surface area contributed by atoms with Crippen molar-refractivity contribution < 1.29 is 9.21 Å². The number of amides is 1. The molecule has 6 nitrogen and oxygen atoms in total. The average Bonchev–Trinajstić information content (AvgIpc) is 3.50. The number of anilines is 1. The summed E-state index contributed by atoms with van der Waals surface area (Å²) in [7, 11) is 0. The minimum Gasteiger partial charge on any atom is -0.436 e. The summed E-state index contributed by atoms with van der Waals surface area (Å²) in [6.07, 6.45) is 2.03. The standard InChI is InChI=1S/C28H20N4O2/c33-26(13-18-7-2-1-3-8-18)30-22-12-6-11-21(14-22)27-23(17-29-32-27)28-31-24-15-19-9-4-5-10-20(19)16-25(24)34-28/h1-12,14-17H,13H2,(H,29,32)(H,30,33). The Morgan fingerprint density at radius 3 is 2.53 bits per heavy atom. The highest BCUT2D eigenvalue weighted by Crippen LogP contribution is 2.34. The van der Waals surface area contributed by atoms with Gasteiger partial charge in [0.05, 0.1) is 23.9 Å². The Kier molecular flexibility index (Phi) is 4.88. The molecule has 2 aromatic heterocycles. The maximum atomic E-state index is 12.5. The number of carbonyl (C=O) groups excluding carboxylic acids is 1. The molecule has 164 valence electrons. The molecule has 0 aliphatic heterocycles. The van der Waals surface area contributed by atoms with Crippen molar-refractivity contribution in [3.63, 3.8) is 0 Å². The number of nitrogens with zero attached hydrogens (tertiary/aromatic N) is 2. The first kappa shape index (κ1) is 19.9. The summed E-state index contributed by atoms with van der Waals surface area (Å²) >= 11 is 0. The number of oxazole rings is 1. The van der Waals surface area contributed by atoms with Crippen LogP contribution in [0, 0.1) is 0 Å². The monoisotopic (exact) mass is 444 g/mol. The lowest BCUT2D eigenvalue weighted by Gasteiger charge is -2.08. The predicted octanol–water partition coefficient (Wildman–Crippen LogP) is 6.22. The second-order valence-electron chi connectivity index (χ2n) is 8.14. The second-order valence-corrected chi connectivity index (χ2v) is 8.14. The zero-order valence-electron chi connectivity index (χ0n) is 18.2. The van der Waals surface area contributed by atoms with Gasteiger partial charge in [-0.3, -0.25) is 9.89 Å². The first-order valence-corrected chi connectivity index (χ1v) is 11.0. The van der Waals surface area contributed by atoms with Crippen molar-refractivity contribution in [3.8, 4) is 22.7 Å². The molecule has 2 heterocycles. The number of fused-ring (bicyclic) bond motifs is 2. The van der Waals surface area contributed by atoms with E-state index < -0.39 is 0 Å². The summed E-state index contributed by atoms with van der Waals surface area (Å²) in [5.74, 6) is 0.423. The second kappa shape index (κ2) is 8.33. The van der Waals surface area contributed by atoms with Crippen LogP contribution in [0.3, 0.4) is 0 Å². The molecule has 6 aromatic rings. The molecule has 0 aliphatic carbocycles. The Balaban J connectivity index is 1.30. The minimum atomic E-state index is -0.0702. The van der Waals surface area contributed by atoms with Crippen LogP contribution in [0.15, 0.2) is 102 Å². The SMILES string of the molecule is O=C(Cc1ccccc1)Nc1cccc(-c2[nH]ncc2-c2nc3cc4ccccc4cc3o2)c1. The quantitative estimate of drug-likeness (QED) is 0.331. The number of nitrogens with one attached hydrogen (secondary N) is 2. The van der Waals surface area contributed by atoms with Gasteiger partial charge in [-0.1, -0.05) is 66.7 Å². The van der Waals surface area contributed by atoms with Crippen molar-refractivity contribution in [1.82, 2.24) is 15.2 Å². The molecule has 0 saturated heterocycles. The fourth-order valence-corrected chi connectivity index (χ4v) is 4.14. The average molecular weight is 444 g/mol. The largest absolute Gasteiger partial charge is 0.436 e. The van der Waals surface area contributed by atoms with Crippen LogP contribution < -0.4 is 5.32 Å². The number of carbonyl (C=O) groups is 1. The Hall–Kier alpha value is -4.71. The molecule has 0 bridgehead atoms. The van der Waals surface area contributed by atoms with Crippen LogP contribution >= 0.6 is 0 Å². The topological polar surface area (TPSA) is 83.8 Å². The molecule has 34 heavy (non-hydrogen) atoms. The van der Waals surface area contributed by atoms with Gasteiger partial charge in [-0.15, -0.1) is 0 Å². The molecule has 0 radical (unpaired) electrons. The molecule has 2 N–H and O–H groups in total. The molecule has 0 unspecified atom stereocenters. The van der Waals surface area contributed by atoms with Crippen LogP contribution in [0.1, 0.15) is 5.56 Å². The fraction of sp³-hybridized carbons (Fsp3) is 0.0357. The van der Waals surface area contributed by atoms with Gasteiger partial charge in [0, 0.05) is 11.3 Å². The van der Waals surface area contributed by atoms with E-state index in [1.54, 1.807) is 6.20 Å². The van der Waals surface area contributed by atoms with Gasteiger partial charge in [0.2, 0.25) is 11.8 Å². The molecular formula is C28H20N4O2. The van der Waals surface area contributed by atoms with Gasteiger partial charge in [-0.05, 0) is 40.6 Å². The van der Waals surface area contributed by atoms with Crippen LogP contribution in [0.5, 0.6) is 0 Å². The number of aromatic nitrogens is 3. The van der Waals surface area contributed by atoms with E-state index in [1.165, 1.54) is 0 Å². The molecule has 6 rings (SSSR count). The first-order chi connectivity index (χ1) is 16.7. The van der Waals surface area contributed by atoms with Gasteiger partial charge in [-0.25, -0.2) is 4.98 Å². The van der Waals surface area contributed by atoms with Crippen LogP contribution in [0.25, 0.3) is 44.6 Å². The summed E-state index contributed by atoms with van der Waals surface area (Å²) in [6, 6.07) is 29.5. The highest BCUT2D eigenvalue weighted by atomic mass is 16.3. The summed E-state index contributed by atoms with van der Waals surface area (Å²) in [4.78, 5) is 17.2. The molecule has 1 amide bonds. The van der Waals surface area contributed by atoms with E-state index in [0.717, 1.165) is 44.3 Å². The summed E-state index contributed by atoms with van der Waals surface area (Å²) in [6.45, 7) is 0. The van der Waals surface area contributed by atoms with Crippen LogP contribution in [-0.2, 0) is 11.2 Å². The highest BCUT2D eigenvalue weighted by Gasteiger charge is 2.17. The molecular weight excluding hydrogens is 424 g/mol. The lowest BCUT2D eigenvalue weighted by atomic mass is 10.1. The summed E-state index contributed by atoms with van der Waals surface area (Å²) in [5.41, 5.74) is 5.60. The first-order valence-electron chi connectivity index (χ1n) is 11.0. The van der Waals surface area contributed by atoms with Crippen LogP contribution in [0.2, 0.25) is 0 Å². The maximum absolute atomic E-state index is 12.5. The fourth-order valence-electron chi connectivity index (χ4n) is 4.14. The van der Waals surface area contributed by atoms with Crippen molar-refractivity contribution >= 4 is 33.5 Å². The normalized spacial score (nSPS) is 11.2. The van der Waals surface area contributed by atoms with E-state index in [9.17, 15) is 4.79 Å². The van der Waals surface area contributed by atoms with Crippen molar-refractivity contribution in [2.24, 2.45) is 0 Å². The lowest BCUT2D eigenvalue weighted by molar-refractivity contribution is -0.115. The Morgan fingerprint density at radius 2 is 1.68 bits per heavy atom. The minimum absolute atomic E-state index is 0.0702. The molecule has 0 fully saturated rings. The number of hydrogen-bond acceptors (Lipinski definition) is 4. The van der Waals surface area contributed by atoms with Gasteiger partial charge in [0.15, 0.2) is 5.58 Å². The van der Waals surface area contributed by atoms with E-state index in [0.29, 0.717) is 18.0 Å². The van der Waals surface area contributed by atoms with Crippen molar-refractivity contribution in [2.45, 2.75) is 6.42 Å². The van der Waals surface area contributed by atoms with E-state index in [4.69, 9.17) is 9.40 Å². The number of benzene rings is 4. The lowest BCUT2D eigenvalue weighted by Crippen LogP contribution is -2.14. The number of aromatic amines is 1. The zero-order chi connectivity index (χ0) is 22.9. The highest BCUT2D eigenvalue weighted by molar-refractivity contribution is 5.96. The molecule has 6 heteroatoms. The predicted molar refractivity (Wildman–Crippen MR) is 133 cm³/mol.